The molecule has 0 aromatic heterocycles. The number of rotatable bonds is 3. The van der Waals surface area contributed by atoms with Crippen LogP contribution in [0.1, 0.15) is 20.3 Å². The van der Waals surface area contributed by atoms with Gasteiger partial charge in [-0.15, -0.1) is 0 Å². The van der Waals surface area contributed by atoms with Gasteiger partial charge in [0.1, 0.15) is 0 Å². The van der Waals surface area contributed by atoms with Crippen molar-refractivity contribution in [3.63, 3.8) is 0 Å². The summed E-state index contributed by atoms with van der Waals surface area (Å²) >= 11 is 0. The molecule has 0 saturated carbocycles. The highest BCUT2D eigenvalue weighted by atomic mass is 16.5. The van der Waals surface area contributed by atoms with Gasteiger partial charge in [0.2, 0.25) is 0 Å². The zero-order valence-corrected chi connectivity index (χ0v) is 10.2. The molecule has 0 spiro atoms. The van der Waals surface area contributed by atoms with Crippen molar-refractivity contribution in [2.45, 2.75) is 25.8 Å². The van der Waals surface area contributed by atoms with E-state index < -0.39 is 0 Å². The lowest BCUT2D eigenvalue weighted by molar-refractivity contribution is -0.141. The van der Waals surface area contributed by atoms with Gasteiger partial charge in [-0.2, -0.15) is 0 Å². The molecule has 1 aliphatic rings. The fourth-order valence-corrected chi connectivity index (χ4v) is 1.88. The molecule has 0 atom stereocenters. The van der Waals surface area contributed by atoms with Gasteiger partial charge in [-0.1, -0.05) is 0 Å². The number of esters is 1. The second kappa shape index (κ2) is 4.94. The predicted octanol–water partition coefficient (Wildman–Crippen LogP) is 0.575. The molecule has 4 heteroatoms. The monoisotopic (exact) mass is 214 g/mol. The molecule has 0 aromatic carbocycles. The molecule has 0 aromatic rings. The average Bonchev–Trinajstić information content (AvgIpc) is 2.19. The second-order valence-electron chi connectivity index (χ2n) is 4.84. The smallest absolute Gasteiger partial charge is 0.306 e. The first kappa shape index (κ1) is 12.5. The van der Waals surface area contributed by atoms with E-state index in [0.717, 1.165) is 26.2 Å². The minimum Gasteiger partial charge on any atom is -0.469 e. The average molecular weight is 214 g/mol. The van der Waals surface area contributed by atoms with E-state index in [9.17, 15) is 4.79 Å². The van der Waals surface area contributed by atoms with Gasteiger partial charge >= 0.3 is 5.97 Å². The Morgan fingerprint density at radius 1 is 1.40 bits per heavy atom. The SMILES string of the molecule is COC(=O)CCN1CCN(C)C(C)(C)C1. The minimum absolute atomic E-state index is 0.119. The van der Waals surface area contributed by atoms with Crippen LogP contribution in [0, 0.1) is 0 Å². The lowest BCUT2D eigenvalue weighted by Crippen LogP contribution is -2.57. The number of hydrogen-bond acceptors (Lipinski definition) is 4. The van der Waals surface area contributed by atoms with Gasteiger partial charge in [0.15, 0.2) is 0 Å². The summed E-state index contributed by atoms with van der Waals surface area (Å²) in [6, 6.07) is 0. The van der Waals surface area contributed by atoms with Crippen LogP contribution in [-0.2, 0) is 9.53 Å². The summed E-state index contributed by atoms with van der Waals surface area (Å²) in [5, 5.41) is 0. The van der Waals surface area contributed by atoms with Gasteiger partial charge < -0.3 is 4.74 Å². The molecule has 88 valence electrons. The summed E-state index contributed by atoms with van der Waals surface area (Å²) in [4.78, 5) is 15.7. The number of ether oxygens (including phenoxy) is 1. The Kier molecular flexibility index (Phi) is 4.11. The van der Waals surface area contributed by atoms with Gasteiger partial charge in [-0.05, 0) is 20.9 Å². The molecule has 1 aliphatic heterocycles. The maximum absolute atomic E-state index is 11.0. The van der Waals surface area contributed by atoms with Crippen LogP contribution in [0.25, 0.3) is 0 Å². The summed E-state index contributed by atoms with van der Waals surface area (Å²) in [5.41, 5.74) is 0.203. The maximum atomic E-state index is 11.0. The standard InChI is InChI=1S/C11H22N2O2/c1-11(2)9-13(8-7-12(11)3)6-5-10(14)15-4/h5-9H2,1-4H3. The Balaban J connectivity index is 2.36. The molecular formula is C11H22N2O2. The lowest BCUT2D eigenvalue weighted by Gasteiger charge is -2.45. The quantitative estimate of drug-likeness (QED) is 0.643. The molecule has 1 heterocycles. The highest BCUT2D eigenvalue weighted by Gasteiger charge is 2.30. The van der Waals surface area contributed by atoms with E-state index in [0.29, 0.717) is 6.42 Å². The second-order valence-corrected chi connectivity index (χ2v) is 4.84. The van der Waals surface area contributed by atoms with E-state index in [1.807, 2.05) is 0 Å². The highest BCUT2D eigenvalue weighted by molar-refractivity contribution is 5.69. The number of likely N-dealkylation sites (N-methyl/N-ethyl adjacent to an activating group) is 1. The van der Waals surface area contributed by atoms with Crippen LogP contribution in [0.2, 0.25) is 0 Å². The van der Waals surface area contributed by atoms with Crippen LogP contribution in [-0.4, -0.2) is 61.6 Å². The summed E-state index contributed by atoms with van der Waals surface area (Å²) in [6.07, 6.45) is 0.496. The molecule has 15 heavy (non-hydrogen) atoms. The van der Waals surface area contributed by atoms with Gasteiger partial charge in [0, 0.05) is 31.7 Å². The predicted molar refractivity (Wildman–Crippen MR) is 59.8 cm³/mol. The summed E-state index contributed by atoms with van der Waals surface area (Å²) in [5.74, 6) is -0.119. The van der Waals surface area contributed by atoms with Gasteiger partial charge in [-0.25, -0.2) is 0 Å². The van der Waals surface area contributed by atoms with Crippen molar-refractivity contribution < 1.29 is 9.53 Å². The van der Waals surface area contributed by atoms with Crippen molar-refractivity contribution in [2.24, 2.45) is 0 Å². The molecule has 1 fully saturated rings. The van der Waals surface area contributed by atoms with Crippen LogP contribution >= 0.6 is 0 Å². The van der Waals surface area contributed by atoms with Crippen LogP contribution < -0.4 is 0 Å². The van der Waals surface area contributed by atoms with Crippen molar-refractivity contribution in [1.29, 1.82) is 0 Å². The maximum Gasteiger partial charge on any atom is 0.306 e. The Hall–Kier alpha value is -0.610. The first-order chi connectivity index (χ1) is 6.95. The van der Waals surface area contributed by atoms with Crippen LogP contribution in [0.5, 0.6) is 0 Å². The first-order valence-electron chi connectivity index (χ1n) is 5.46. The minimum atomic E-state index is -0.119. The van der Waals surface area contributed by atoms with Gasteiger partial charge in [0.05, 0.1) is 13.5 Å². The van der Waals surface area contributed by atoms with E-state index in [-0.39, 0.29) is 11.5 Å². The number of carbonyl (C=O) groups is 1. The number of piperazine rings is 1. The molecule has 0 bridgehead atoms. The van der Waals surface area contributed by atoms with Crippen molar-refractivity contribution in [2.75, 3.05) is 40.3 Å². The van der Waals surface area contributed by atoms with Crippen LogP contribution in [0.3, 0.4) is 0 Å². The Bertz CT molecular complexity index is 229. The molecule has 0 amide bonds. The molecule has 0 N–H and O–H groups in total. The number of carbonyl (C=O) groups excluding carboxylic acids is 1. The first-order valence-corrected chi connectivity index (χ1v) is 5.46. The van der Waals surface area contributed by atoms with E-state index in [1.54, 1.807) is 0 Å². The van der Waals surface area contributed by atoms with E-state index in [1.165, 1.54) is 7.11 Å². The molecule has 0 unspecified atom stereocenters. The number of nitrogens with zero attached hydrogens (tertiary/aromatic N) is 2. The van der Waals surface area contributed by atoms with E-state index in [4.69, 9.17) is 0 Å². The van der Waals surface area contributed by atoms with Crippen molar-refractivity contribution in [1.82, 2.24) is 9.80 Å². The Labute approximate surface area is 92.2 Å². The zero-order valence-electron chi connectivity index (χ0n) is 10.2. The molecule has 1 rings (SSSR count). The third-order valence-electron chi connectivity index (χ3n) is 3.26. The van der Waals surface area contributed by atoms with E-state index >= 15 is 0 Å². The normalized spacial score (nSPS) is 22.7. The summed E-state index contributed by atoms with van der Waals surface area (Å²) < 4.78 is 4.64. The molecule has 0 radical (unpaired) electrons. The number of methoxy groups -OCH3 is 1. The Morgan fingerprint density at radius 3 is 2.60 bits per heavy atom. The summed E-state index contributed by atoms with van der Waals surface area (Å²) in [7, 11) is 3.59. The highest BCUT2D eigenvalue weighted by Crippen LogP contribution is 2.18. The third kappa shape index (κ3) is 3.47. The van der Waals surface area contributed by atoms with Gasteiger partial charge in [-0.3, -0.25) is 14.6 Å². The third-order valence-corrected chi connectivity index (χ3v) is 3.26. The molecule has 4 nitrogen and oxygen atoms in total. The zero-order chi connectivity index (χ0) is 11.5. The largest absolute Gasteiger partial charge is 0.469 e. The lowest BCUT2D eigenvalue weighted by atomic mass is 10.00. The fourth-order valence-electron chi connectivity index (χ4n) is 1.88. The Morgan fingerprint density at radius 2 is 2.07 bits per heavy atom. The topological polar surface area (TPSA) is 32.8 Å². The van der Waals surface area contributed by atoms with Crippen molar-refractivity contribution in [3.05, 3.63) is 0 Å². The van der Waals surface area contributed by atoms with Crippen molar-refractivity contribution in [3.8, 4) is 0 Å². The van der Waals surface area contributed by atoms with Crippen LogP contribution in [0.4, 0.5) is 0 Å². The molecular weight excluding hydrogens is 192 g/mol. The van der Waals surface area contributed by atoms with Crippen LogP contribution in [0.15, 0.2) is 0 Å². The fraction of sp³-hybridized carbons (Fsp3) is 0.909. The number of hydrogen-bond donors (Lipinski definition) is 0. The summed E-state index contributed by atoms with van der Waals surface area (Å²) in [6.45, 7) is 8.39. The molecule has 1 saturated heterocycles. The molecule has 0 aliphatic carbocycles. The van der Waals surface area contributed by atoms with Crippen molar-refractivity contribution >= 4 is 5.97 Å². The van der Waals surface area contributed by atoms with Gasteiger partial charge in [0.25, 0.3) is 0 Å². The van der Waals surface area contributed by atoms with E-state index in [2.05, 4.69) is 35.4 Å².